The summed E-state index contributed by atoms with van der Waals surface area (Å²) >= 11 is 3.42. The number of halogens is 2. The van der Waals surface area contributed by atoms with E-state index in [2.05, 4.69) is 15.9 Å². The highest BCUT2D eigenvalue weighted by Crippen LogP contribution is 2.41. The first-order valence-electron chi connectivity index (χ1n) is 9.68. The Kier molecular flexibility index (Phi) is 6.93. The number of hydrogen-bond donors (Lipinski definition) is 2. The highest BCUT2D eigenvalue weighted by molar-refractivity contribution is 9.10. The van der Waals surface area contributed by atoms with E-state index in [1.165, 1.54) is 12.1 Å². The number of ether oxygens (including phenoxy) is 1. The van der Waals surface area contributed by atoms with Crippen molar-refractivity contribution in [2.75, 3.05) is 13.2 Å². The van der Waals surface area contributed by atoms with Crippen molar-refractivity contribution in [3.8, 4) is 0 Å². The quantitative estimate of drug-likeness (QED) is 0.630. The van der Waals surface area contributed by atoms with Gasteiger partial charge in [-0.25, -0.2) is 9.18 Å². The van der Waals surface area contributed by atoms with Crippen LogP contribution in [0.15, 0.2) is 53.0 Å². The van der Waals surface area contributed by atoms with E-state index >= 15 is 0 Å². The molecule has 0 aromatic heterocycles. The molecule has 0 radical (unpaired) electrons. The van der Waals surface area contributed by atoms with Gasteiger partial charge in [-0.2, -0.15) is 0 Å². The molecule has 0 spiro atoms. The van der Waals surface area contributed by atoms with Gasteiger partial charge in [0, 0.05) is 23.9 Å². The second-order valence-corrected chi connectivity index (χ2v) is 8.24. The maximum atomic E-state index is 13.4. The molecule has 2 N–H and O–H groups in total. The van der Waals surface area contributed by atoms with E-state index in [0.29, 0.717) is 18.5 Å². The number of aliphatic hydroxyl groups excluding tert-OH is 2. The minimum absolute atomic E-state index is 0.0454. The molecular weight excluding hydrogens is 441 g/mol. The zero-order valence-corrected chi connectivity index (χ0v) is 17.8. The van der Waals surface area contributed by atoms with E-state index in [1.807, 2.05) is 31.2 Å². The Bertz CT molecular complexity index is 830. The summed E-state index contributed by atoms with van der Waals surface area (Å²) in [6.07, 6.45) is -0.342. The summed E-state index contributed by atoms with van der Waals surface area (Å²) in [5.41, 5.74) is 0.509. The van der Waals surface area contributed by atoms with Crippen LogP contribution in [0.2, 0.25) is 0 Å². The number of hydrogen-bond acceptors (Lipinski definition) is 4. The SMILES string of the molecule is CCC(c1ccc(Br)cc1)N1CCC(CC(O)CO)(c2ccc(F)cc2)OC1=O. The Morgan fingerprint density at radius 3 is 2.41 bits per heavy atom. The Hall–Kier alpha value is -1.96. The van der Waals surface area contributed by atoms with Crippen molar-refractivity contribution in [3.63, 3.8) is 0 Å². The molecular formula is C22H25BrFNO4. The molecule has 3 atom stereocenters. The second-order valence-electron chi connectivity index (χ2n) is 7.33. The van der Waals surface area contributed by atoms with Crippen molar-refractivity contribution >= 4 is 22.0 Å². The third kappa shape index (κ3) is 4.79. The number of aliphatic hydroxyl groups is 2. The fraction of sp³-hybridized carbons (Fsp3) is 0.409. The molecule has 5 nitrogen and oxygen atoms in total. The van der Waals surface area contributed by atoms with Crippen LogP contribution < -0.4 is 0 Å². The van der Waals surface area contributed by atoms with Crippen molar-refractivity contribution in [1.29, 1.82) is 0 Å². The summed E-state index contributed by atoms with van der Waals surface area (Å²) in [4.78, 5) is 14.7. The Morgan fingerprint density at radius 2 is 1.86 bits per heavy atom. The largest absolute Gasteiger partial charge is 0.438 e. The van der Waals surface area contributed by atoms with Crippen LogP contribution in [0.4, 0.5) is 9.18 Å². The van der Waals surface area contributed by atoms with Gasteiger partial charge in [0.25, 0.3) is 0 Å². The molecule has 2 aromatic rings. The first-order valence-corrected chi connectivity index (χ1v) is 10.5. The second kappa shape index (κ2) is 9.24. The molecule has 0 bridgehead atoms. The maximum Gasteiger partial charge on any atom is 0.411 e. The smallest absolute Gasteiger partial charge is 0.411 e. The zero-order valence-electron chi connectivity index (χ0n) is 16.2. The molecule has 1 amide bonds. The van der Waals surface area contributed by atoms with E-state index in [-0.39, 0.29) is 12.5 Å². The van der Waals surface area contributed by atoms with E-state index in [1.54, 1.807) is 17.0 Å². The molecule has 1 aliphatic rings. The monoisotopic (exact) mass is 465 g/mol. The van der Waals surface area contributed by atoms with Gasteiger partial charge in [0.15, 0.2) is 0 Å². The van der Waals surface area contributed by atoms with E-state index in [0.717, 1.165) is 16.5 Å². The summed E-state index contributed by atoms with van der Waals surface area (Å²) in [6.45, 7) is 1.99. The minimum Gasteiger partial charge on any atom is -0.438 e. The van der Waals surface area contributed by atoms with Gasteiger partial charge in [-0.1, -0.05) is 47.1 Å². The number of carbonyl (C=O) groups excluding carboxylic acids is 1. The fourth-order valence-electron chi connectivity index (χ4n) is 3.94. The number of benzene rings is 2. The molecule has 1 heterocycles. The van der Waals surface area contributed by atoms with Crippen LogP contribution in [0.3, 0.4) is 0 Å². The molecule has 3 rings (SSSR count). The summed E-state index contributed by atoms with van der Waals surface area (Å²) in [6, 6.07) is 13.4. The van der Waals surface area contributed by atoms with E-state index in [4.69, 9.17) is 4.74 Å². The first kappa shape index (κ1) is 21.7. The number of amides is 1. The third-order valence-corrected chi connectivity index (χ3v) is 5.97. The Morgan fingerprint density at radius 1 is 1.21 bits per heavy atom. The van der Waals surface area contributed by atoms with Crippen LogP contribution in [-0.4, -0.2) is 40.5 Å². The summed E-state index contributed by atoms with van der Waals surface area (Å²) in [5.74, 6) is -0.392. The van der Waals surface area contributed by atoms with Crippen molar-refractivity contribution in [2.24, 2.45) is 0 Å². The van der Waals surface area contributed by atoms with Crippen LogP contribution >= 0.6 is 15.9 Å². The third-order valence-electron chi connectivity index (χ3n) is 5.44. The topological polar surface area (TPSA) is 70.0 Å². The maximum absolute atomic E-state index is 13.4. The van der Waals surface area contributed by atoms with Crippen molar-refractivity contribution in [2.45, 2.75) is 43.9 Å². The van der Waals surface area contributed by atoms with Gasteiger partial charge in [0.1, 0.15) is 11.4 Å². The highest BCUT2D eigenvalue weighted by atomic mass is 79.9. The number of nitrogens with zero attached hydrogens (tertiary/aromatic N) is 1. The predicted molar refractivity (Wildman–Crippen MR) is 111 cm³/mol. The standard InChI is InChI=1S/C22H25BrFNO4/c1-2-20(15-3-7-17(23)8-4-15)25-12-11-22(29-21(25)28,13-19(27)14-26)16-5-9-18(24)10-6-16/h3-10,19-20,26-27H,2,11-14H2,1H3. The van der Waals surface area contributed by atoms with Crippen molar-refractivity contribution < 1.29 is 24.1 Å². The van der Waals surface area contributed by atoms with Crippen LogP contribution in [0.25, 0.3) is 0 Å². The molecule has 1 aliphatic heterocycles. The normalized spacial score (nSPS) is 21.6. The number of carbonyl (C=O) groups is 1. The lowest BCUT2D eigenvalue weighted by molar-refractivity contribution is -0.0905. The minimum atomic E-state index is -1.11. The molecule has 7 heteroatoms. The van der Waals surface area contributed by atoms with Gasteiger partial charge in [0.05, 0.1) is 18.8 Å². The lowest BCUT2D eigenvalue weighted by Crippen LogP contribution is -2.50. The van der Waals surface area contributed by atoms with Gasteiger partial charge in [-0.15, -0.1) is 0 Å². The van der Waals surface area contributed by atoms with E-state index < -0.39 is 30.2 Å². The predicted octanol–water partition coefficient (Wildman–Crippen LogP) is 4.52. The lowest BCUT2D eigenvalue weighted by Gasteiger charge is -2.44. The van der Waals surface area contributed by atoms with Gasteiger partial charge in [-0.05, 0) is 41.8 Å². The molecule has 0 aliphatic carbocycles. The average molecular weight is 466 g/mol. The Labute approximate surface area is 178 Å². The van der Waals surface area contributed by atoms with Gasteiger partial charge in [0.2, 0.25) is 0 Å². The fourth-order valence-corrected chi connectivity index (χ4v) is 4.20. The Balaban J connectivity index is 1.87. The average Bonchev–Trinajstić information content (AvgIpc) is 2.71. The number of rotatable bonds is 7. The van der Waals surface area contributed by atoms with Crippen LogP contribution in [0, 0.1) is 5.82 Å². The van der Waals surface area contributed by atoms with Crippen LogP contribution in [-0.2, 0) is 10.3 Å². The summed E-state index contributed by atoms with van der Waals surface area (Å²) in [7, 11) is 0. The molecule has 156 valence electrons. The van der Waals surface area contributed by atoms with Crippen molar-refractivity contribution in [1.82, 2.24) is 4.90 Å². The van der Waals surface area contributed by atoms with Crippen LogP contribution in [0.1, 0.15) is 43.4 Å². The molecule has 0 saturated carbocycles. The summed E-state index contributed by atoms with van der Waals surface area (Å²) < 4.78 is 20.3. The lowest BCUT2D eigenvalue weighted by atomic mass is 9.83. The van der Waals surface area contributed by atoms with Gasteiger partial charge in [-0.3, -0.25) is 0 Å². The molecule has 1 fully saturated rings. The molecule has 29 heavy (non-hydrogen) atoms. The first-order chi connectivity index (χ1) is 13.9. The number of cyclic esters (lactones) is 1. The molecule has 2 aromatic carbocycles. The molecule has 3 unspecified atom stereocenters. The van der Waals surface area contributed by atoms with Crippen molar-refractivity contribution in [3.05, 3.63) is 69.9 Å². The summed E-state index contributed by atoms with van der Waals surface area (Å²) in [5, 5.41) is 19.4. The molecule has 1 saturated heterocycles. The van der Waals surface area contributed by atoms with Gasteiger partial charge < -0.3 is 19.8 Å². The zero-order chi connectivity index (χ0) is 21.0. The van der Waals surface area contributed by atoms with Crippen LogP contribution in [0.5, 0.6) is 0 Å². The highest BCUT2D eigenvalue weighted by Gasteiger charge is 2.45. The van der Waals surface area contributed by atoms with Gasteiger partial charge >= 0.3 is 6.09 Å². The van der Waals surface area contributed by atoms with E-state index in [9.17, 15) is 19.4 Å².